The summed E-state index contributed by atoms with van der Waals surface area (Å²) in [5.41, 5.74) is 1.26. The zero-order valence-electron chi connectivity index (χ0n) is 8.50. The number of anilines is 1. The number of aromatic nitrogens is 2. The number of nitrogens with zero attached hydrogens (tertiary/aromatic N) is 3. The highest BCUT2D eigenvalue weighted by atomic mass is 15.3. The van der Waals surface area contributed by atoms with Gasteiger partial charge in [-0.2, -0.15) is 10.4 Å². The third kappa shape index (κ3) is 1.70. The molecule has 0 spiro atoms. The second-order valence-electron chi connectivity index (χ2n) is 3.08. The van der Waals surface area contributed by atoms with E-state index in [9.17, 15) is 0 Å². The summed E-state index contributed by atoms with van der Waals surface area (Å²) >= 11 is 0. The lowest BCUT2D eigenvalue weighted by molar-refractivity contribution is 0.754. The third-order valence-electron chi connectivity index (χ3n) is 1.94. The fourth-order valence-electron chi connectivity index (χ4n) is 1.20. The Kier molecular flexibility index (Phi) is 2.79. The van der Waals surface area contributed by atoms with Crippen molar-refractivity contribution in [2.24, 2.45) is 7.05 Å². The lowest BCUT2D eigenvalue weighted by atomic mass is 10.2. The van der Waals surface area contributed by atoms with Gasteiger partial charge in [0.15, 0.2) is 0 Å². The van der Waals surface area contributed by atoms with Crippen LogP contribution in [0.3, 0.4) is 0 Å². The molecule has 1 rings (SSSR count). The molecular weight excluding hydrogens is 176 g/mol. The number of hydrogen-bond donors (Lipinski definition) is 1. The molecule has 1 aromatic heterocycles. The Labute approximate surface area is 83.5 Å². The van der Waals surface area contributed by atoms with E-state index in [4.69, 9.17) is 11.7 Å². The molecule has 4 nitrogen and oxygen atoms in total. The summed E-state index contributed by atoms with van der Waals surface area (Å²) in [4.78, 5) is 0. The van der Waals surface area contributed by atoms with Crippen LogP contribution in [0.15, 0.2) is 0 Å². The van der Waals surface area contributed by atoms with E-state index in [1.165, 1.54) is 0 Å². The molecule has 1 heterocycles. The van der Waals surface area contributed by atoms with Crippen molar-refractivity contribution < 1.29 is 0 Å². The Morgan fingerprint density at radius 1 is 1.64 bits per heavy atom. The van der Waals surface area contributed by atoms with Crippen LogP contribution in [0.5, 0.6) is 0 Å². The van der Waals surface area contributed by atoms with Gasteiger partial charge in [-0.05, 0) is 13.8 Å². The molecule has 14 heavy (non-hydrogen) atoms. The average Bonchev–Trinajstić information content (AvgIpc) is 2.41. The van der Waals surface area contributed by atoms with E-state index in [1.807, 2.05) is 6.92 Å². The van der Waals surface area contributed by atoms with Crippen molar-refractivity contribution >= 4 is 5.82 Å². The maximum Gasteiger partial charge on any atom is 0.143 e. The van der Waals surface area contributed by atoms with Crippen LogP contribution in [0, 0.1) is 30.6 Å². The molecule has 1 unspecified atom stereocenters. The van der Waals surface area contributed by atoms with Gasteiger partial charge in [-0.1, -0.05) is 5.92 Å². The number of aryl methyl sites for hydroxylation is 2. The van der Waals surface area contributed by atoms with E-state index in [0.29, 0.717) is 17.1 Å². The quantitative estimate of drug-likeness (QED) is 0.705. The van der Waals surface area contributed by atoms with Crippen LogP contribution < -0.4 is 5.32 Å². The van der Waals surface area contributed by atoms with E-state index in [0.717, 1.165) is 0 Å². The van der Waals surface area contributed by atoms with Crippen LogP contribution in [0.4, 0.5) is 5.82 Å². The summed E-state index contributed by atoms with van der Waals surface area (Å²) in [6, 6.07) is 1.99. The minimum absolute atomic E-state index is 0.114. The molecule has 72 valence electrons. The minimum atomic E-state index is -0.114. The van der Waals surface area contributed by atoms with Gasteiger partial charge in [0.1, 0.15) is 17.5 Å². The van der Waals surface area contributed by atoms with Crippen molar-refractivity contribution in [2.45, 2.75) is 19.9 Å². The molecule has 1 N–H and O–H groups in total. The van der Waals surface area contributed by atoms with Gasteiger partial charge >= 0.3 is 0 Å². The third-order valence-corrected chi connectivity index (χ3v) is 1.94. The van der Waals surface area contributed by atoms with Crippen LogP contribution >= 0.6 is 0 Å². The Bertz CT molecular complexity index is 417. The SMILES string of the molecule is C#CC(C)Nc1c(C#N)c(C)nn1C. The van der Waals surface area contributed by atoms with Crippen LogP contribution in [0.2, 0.25) is 0 Å². The van der Waals surface area contributed by atoms with Crippen molar-refractivity contribution in [3.63, 3.8) is 0 Å². The Morgan fingerprint density at radius 2 is 2.29 bits per heavy atom. The van der Waals surface area contributed by atoms with Gasteiger partial charge in [-0.3, -0.25) is 4.68 Å². The molecule has 1 aromatic rings. The first-order valence-electron chi connectivity index (χ1n) is 4.26. The summed E-state index contributed by atoms with van der Waals surface area (Å²) in [6.45, 7) is 3.65. The minimum Gasteiger partial charge on any atom is -0.356 e. The second-order valence-corrected chi connectivity index (χ2v) is 3.08. The molecule has 0 aliphatic heterocycles. The number of hydrogen-bond acceptors (Lipinski definition) is 3. The van der Waals surface area contributed by atoms with Gasteiger partial charge in [-0.15, -0.1) is 6.42 Å². The summed E-state index contributed by atoms with van der Waals surface area (Å²) in [7, 11) is 1.78. The highest BCUT2D eigenvalue weighted by Gasteiger charge is 2.13. The van der Waals surface area contributed by atoms with Crippen molar-refractivity contribution in [3.05, 3.63) is 11.3 Å². The van der Waals surface area contributed by atoms with Gasteiger partial charge in [0.05, 0.1) is 11.7 Å². The fraction of sp³-hybridized carbons (Fsp3) is 0.400. The monoisotopic (exact) mass is 188 g/mol. The van der Waals surface area contributed by atoms with Gasteiger partial charge in [-0.25, -0.2) is 0 Å². The maximum absolute atomic E-state index is 8.90. The number of terminal acetylenes is 1. The van der Waals surface area contributed by atoms with E-state index in [1.54, 1.807) is 18.7 Å². The topological polar surface area (TPSA) is 53.6 Å². The molecule has 0 fully saturated rings. The summed E-state index contributed by atoms with van der Waals surface area (Å²) in [5.74, 6) is 3.22. The van der Waals surface area contributed by atoms with Crippen LogP contribution in [0.1, 0.15) is 18.2 Å². The number of rotatable bonds is 2. The molecular formula is C10H12N4. The molecule has 0 saturated heterocycles. The maximum atomic E-state index is 8.90. The van der Waals surface area contributed by atoms with Crippen molar-refractivity contribution in [1.82, 2.24) is 9.78 Å². The molecule has 0 aromatic carbocycles. The molecule has 0 amide bonds. The summed E-state index contributed by atoms with van der Waals surface area (Å²) < 4.78 is 1.63. The van der Waals surface area contributed by atoms with E-state index < -0.39 is 0 Å². The highest BCUT2D eigenvalue weighted by Crippen LogP contribution is 2.17. The Morgan fingerprint density at radius 3 is 2.79 bits per heavy atom. The largest absolute Gasteiger partial charge is 0.356 e. The van der Waals surface area contributed by atoms with E-state index in [-0.39, 0.29) is 6.04 Å². The summed E-state index contributed by atoms with van der Waals surface area (Å²) in [5, 5.41) is 16.1. The highest BCUT2D eigenvalue weighted by molar-refractivity contribution is 5.56. The molecule has 0 radical (unpaired) electrons. The normalized spacial score (nSPS) is 11.5. The molecule has 0 aliphatic rings. The molecule has 0 saturated carbocycles. The van der Waals surface area contributed by atoms with Crippen molar-refractivity contribution in [3.8, 4) is 18.4 Å². The first-order chi connectivity index (χ1) is 6.60. The summed E-state index contributed by atoms with van der Waals surface area (Å²) in [6.07, 6.45) is 5.24. The lowest BCUT2D eigenvalue weighted by Crippen LogP contribution is -2.15. The molecule has 0 bridgehead atoms. The van der Waals surface area contributed by atoms with Gasteiger partial charge in [0.2, 0.25) is 0 Å². The number of nitriles is 1. The van der Waals surface area contributed by atoms with Crippen LogP contribution in [-0.4, -0.2) is 15.8 Å². The Hall–Kier alpha value is -1.94. The first kappa shape index (κ1) is 10.1. The average molecular weight is 188 g/mol. The van der Waals surface area contributed by atoms with Gasteiger partial charge < -0.3 is 5.32 Å². The predicted octanol–water partition coefficient (Wildman–Crippen LogP) is 1.03. The molecule has 1 atom stereocenters. The molecule has 0 aliphatic carbocycles. The Balaban J connectivity index is 3.09. The van der Waals surface area contributed by atoms with E-state index in [2.05, 4.69) is 22.4 Å². The molecule has 4 heteroatoms. The zero-order chi connectivity index (χ0) is 10.7. The zero-order valence-corrected chi connectivity index (χ0v) is 8.50. The fourth-order valence-corrected chi connectivity index (χ4v) is 1.20. The number of nitrogens with one attached hydrogen (secondary N) is 1. The lowest BCUT2D eigenvalue weighted by Gasteiger charge is -2.09. The van der Waals surface area contributed by atoms with Crippen molar-refractivity contribution in [2.75, 3.05) is 5.32 Å². The predicted molar refractivity (Wildman–Crippen MR) is 54.6 cm³/mol. The smallest absolute Gasteiger partial charge is 0.143 e. The standard InChI is InChI=1S/C10H12N4/c1-5-7(2)12-10-9(6-11)8(3)13-14(10)4/h1,7,12H,2-4H3. The van der Waals surface area contributed by atoms with Crippen LogP contribution in [-0.2, 0) is 7.05 Å². The van der Waals surface area contributed by atoms with E-state index >= 15 is 0 Å². The first-order valence-corrected chi connectivity index (χ1v) is 4.26. The van der Waals surface area contributed by atoms with Crippen molar-refractivity contribution in [1.29, 1.82) is 5.26 Å². The van der Waals surface area contributed by atoms with Crippen LogP contribution in [0.25, 0.3) is 0 Å². The second kappa shape index (κ2) is 3.85. The van der Waals surface area contributed by atoms with Gasteiger partial charge in [0.25, 0.3) is 0 Å². The van der Waals surface area contributed by atoms with Gasteiger partial charge in [0, 0.05) is 7.05 Å².